The van der Waals surface area contributed by atoms with Gasteiger partial charge in [0.1, 0.15) is 0 Å². The first-order chi connectivity index (χ1) is 8.08. The summed E-state index contributed by atoms with van der Waals surface area (Å²) in [6.07, 6.45) is 0. The summed E-state index contributed by atoms with van der Waals surface area (Å²) >= 11 is 12.0. The maximum absolute atomic E-state index is 6.09. The van der Waals surface area contributed by atoms with Gasteiger partial charge in [-0.3, -0.25) is 0 Å². The molecule has 0 amide bonds. The molecule has 4 heteroatoms. The van der Waals surface area contributed by atoms with Crippen LogP contribution in [0.5, 0.6) is 0 Å². The smallest absolute Gasteiger partial charge is 0.0827 e. The van der Waals surface area contributed by atoms with Gasteiger partial charge in [-0.15, -0.1) is 0 Å². The Hall–Kier alpha value is -1.38. The van der Waals surface area contributed by atoms with Gasteiger partial charge in [0.15, 0.2) is 0 Å². The zero-order chi connectivity index (χ0) is 12.4. The molecule has 0 aromatic heterocycles. The van der Waals surface area contributed by atoms with Crippen molar-refractivity contribution in [3.05, 3.63) is 52.0 Å². The molecule has 2 rings (SSSR count). The maximum atomic E-state index is 6.09. The lowest BCUT2D eigenvalue weighted by atomic mass is 10.2. The monoisotopic (exact) mass is 266 g/mol. The summed E-state index contributed by atoms with van der Waals surface area (Å²) in [6, 6.07) is 11.2. The van der Waals surface area contributed by atoms with Gasteiger partial charge in [0, 0.05) is 0 Å². The fraction of sp³-hybridized carbons (Fsp3) is 0.0769. The summed E-state index contributed by atoms with van der Waals surface area (Å²) in [6.45, 7) is 1.99. The number of hydrogen-bond acceptors (Lipinski definition) is 2. The molecule has 0 radical (unpaired) electrons. The molecular weight excluding hydrogens is 255 g/mol. The quantitative estimate of drug-likeness (QED) is 0.778. The largest absolute Gasteiger partial charge is 0.397 e. The van der Waals surface area contributed by atoms with Crippen LogP contribution in [0.4, 0.5) is 17.1 Å². The third-order valence-electron chi connectivity index (χ3n) is 2.43. The second kappa shape index (κ2) is 4.86. The number of halogens is 2. The van der Waals surface area contributed by atoms with E-state index in [9.17, 15) is 0 Å². The Balaban J connectivity index is 2.35. The van der Waals surface area contributed by atoms with Crippen molar-refractivity contribution in [3.63, 3.8) is 0 Å². The number of hydrogen-bond donors (Lipinski definition) is 2. The molecule has 0 atom stereocenters. The maximum Gasteiger partial charge on any atom is 0.0827 e. The average Bonchev–Trinajstić information content (AvgIpc) is 2.28. The highest BCUT2D eigenvalue weighted by Gasteiger charge is 2.06. The van der Waals surface area contributed by atoms with Gasteiger partial charge in [-0.1, -0.05) is 35.3 Å². The van der Waals surface area contributed by atoms with Crippen LogP contribution in [0, 0.1) is 6.92 Å². The molecule has 0 aliphatic carbocycles. The fourth-order valence-electron chi connectivity index (χ4n) is 1.54. The molecule has 88 valence electrons. The third-order valence-corrected chi connectivity index (χ3v) is 3.25. The van der Waals surface area contributed by atoms with Crippen LogP contribution in [0.2, 0.25) is 10.0 Å². The molecule has 0 aliphatic rings. The molecule has 2 nitrogen and oxygen atoms in total. The van der Waals surface area contributed by atoms with Gasteiger partial charge >= 0.3 is 0 Å². The molecule has 3 N–H and O–H groups in total. The third kappa shape index (κ3) is 2.65. The summed E-state index contributed by atoms with van der Waals surface area (Å²) in [4.78, 5) is 0. The van der Waals surface area contributed by atoms with Crippen molar-refractivity contribution >= 4 is 40.3 Å². The lowest BCUT2D eigenvalue weighted by Crippen LogP contribution is -1.97. The van der Waals surface area contributed by atoms with Gasteiger partial charge in [-0.2, -0.15) is 0 Å². The molecule has 0 saturated heterocycles. The van der Waals surface area contributed by atoms with E-state index in [0.29, 0.717) is 15.7 Å². The van der Waals surface area contributed by atoms with Crippen molar-refractivity contribution in [2.24, 2.45) is 0 Å². The van der Waals surface area contributed by atoms with E-state index in [1.807, 2.05) is 37.3 Å². The Kier molecular flexibility index (Phi) is 3.46. The highest BCUT2D eigenvalue weighted by atomic mass is 35.5. The summed E-state index contributed by atoms with van der Waals surface area (Å²) in [5.74, 6) is 0. The molecule has 17 heavy (non-hydrogen) atoms. The minimum absolute atomic E-state index is 0.495. The molecule has 0 heterocycles. The normalized spacial score (nSPS) is 10.3. The molecule has 0 bridgehead atoms. The predicted molar refractivity (Wildman–Crippen MR) is 75.3 cm³/mol. The summed E-state index contributed by atoms with van der Waals surface area (Å²) in [7, 11) is 0. The lowest BCUT2D eigenvalue weighted by Gasteiger charge is -2.11. The predicted octanol–water partition coefficient (Wildman–Crippen LogP) is 4.63. The van der Waals surface area contributed by atoms with E-state index in [1.54, 1.807) is 6.07 Å². The standard InChI is InChI=1S/C13H12Cl2N2/c1-8-5-6-11(10(16)7-8)17-12-4-2-3-9(14)13(12)15/h2-7,17H,16H2,1H3. The first-order valence-electron chi connectivity index (χ1n) is 5.15. The lowest BCUT2D eigenvalue weighted by molar-refractivity contribution is 1.45. The number of rotatable bonds is 2. The molecule has 2 aromatic carbocycles. The summed E-state index contributed by atoms with van der Waals surface area (Å²) in [5.41, 5.74) is 9.28. The summed E-state index contributed by atoms with van der Waals surface area (Å²) in [5, 5.41) is 4.18. The minimum Gasteiger partial charge on any atom is -0.397 e. The Morgan fingerprint density at radius 2 is 1.82 bits per heavy atom. The van der Waals surface area contributed by atoms with Crippen LogP contribution in [-0.4, -0.2) is 0 Å². The molecule has 2 aromatic rings. The van der Waals surface area contributed by atoms with Crippen LogP contribution >= 0.6 is 23.2 Å². The van der Waals surface area contributed by atoms with Gasteiger partial charge in [0.25, 0.3) is 0 Å². The van der Waals surface area contributed by atoms with Gasteiger partial charge in [-0.05, 0) is 36.8 Å². The fourth-order valence-corrected chi connectivity index (χ4v) is 1.89. The average molecular weight is 267 g/mol. The van der Waals surface area contributed by atoms with E-state index in [0.717, 1.165) is 16.9 Å². The zero-order valence-electron chi connectivity index (χ0n) is 9.30. The summed E-state index contributed by atoms with van der Waals surface area (Å²) < 4.78 is 0. The SMILES string of the molecule is Cc1ccc(Nc2cccc(Cl)c2Cl)c(N)c1. The second-order valence-electron chi connectivity index (χ2n) is 3.82. The minimum atomic E-state index is 0.495. The Bertz CT molecular complexity index is 553. The van der Waals surface area contributed by atoms with E-state index >= 15 is 0 Å². The van der Waals surface area contributed by atoms with E-state index in [4.69, 9.17) is 28.9 Å². The van der Waals surface area contributed by atoms with Gasteiger partial charge in [-0.25, -0.2) is 0 Å². The molecule has 0 spiro atoms. The molecule has 0 aliphatic heterocycles. The number of aryl methyl sites for hydroxylation is 1. The van der Waals surface area contributed by atoms with Crippen molar-refractivity contribution in [1.29, 1.82) is 0 Å². The van der Waals surface area contributed by atoms with Crippen LogP contribution < -0.4 is 11.1 Å². The van der Waals surface area contributed by atoms with Crippen molar-refractivity contribution in [3.8, 4) is 0 Å². The second-order valence-corrected chi connectivity index (χ2v) is 4.60. The zero-order valence-corrected chi connectivity index (χ0v) is 10.8. The first-order valence-corrected chi connectivity index (χ1v) is 5.90. The number of nitrogens with two attached hydrogens (primary N) is 1. The van der Waals surface area contributed by atoms with Crippen LogP contribution in [0.25, 0.3) is 0 Å². The van der Waals surface area contributed by atoms with Crippen molar-refractivity contribution < 1.29 is 0 Å². The van der Waals surface area contributed by atoms with Crippen LogP contribution in [0.1, 0.15) is 5.56 Å². The Morgan fingerprint density at radius 3 is 2.53 bits per heavy atom. The van der Waals surface area contributed by atoms with Crippen molar-refractivity contribution in [2.45, 2.75) is 6.92 Å². The first kappa shape index (κ1) is 12.1. The van der Waals surface area contributed by atoms with Crippen LogP contribution in [0.15, 0.2) is 36.4 Å². The number of benzene rings is 2. The van der Waals surface area contributed by atoms with Gasteiger partial charge < -0.3 is 11.1 Å². The topological polar surface area (TPSA) is 38.0 Å². The van der Waals surface area contributed by atoms with Gasteiger partial charge in [0.2, 0.25) is 0 Å². The van der Waals surface area contributed by atoms with Crippen LogP contribution in [0.3, 0.4) is 0 Å². The molecule has 0 unspecified atom stereocenters. The van der Waals surface area contributed by atoms with Crippen molar-refractivity contribution in [2.75, 3.05) is 11.1 Å². The number of nitrogen functional groups attached to an aromatic ring is 1. The van der Waals surface area contributed by atoms with E-state index in [-0.39, 0.29) is 0 Å². The highest BCUT2D eigenvalue weighted by molar-refractivity contribution is 6.43. The van der Waals surface area contributed by atoms with Crippen molar-refractivity contribution in [1.82, 2.24) is 0 Å². The number of anilines is 3. The van der Waals surface area contributed by atoms with E-state index < -0.39 is 0 Å². The Morgan fingerprint density at radius 1 is 1.06 bits per heavy atom. The highest BCUT2D eigenvalue weighted by Crippen LogP contribution is 2.33. The van der Waals surface area contributed by atoms with Crippen LogP contribution in [-0.2, 0) is 0 Å². The number of nitrogens with one attached hydrogen (secondary N) is 1. The molecular formula is C13H12Cl2N2. The molecule has 0 fully saturated rings. The Labute approximate surface area is 110 Å². The van der Waals surface area contributed by atoms with E-state index in [2.05, 4.69) is 5.32 Å². The van der Waals surface area contributed by atoms with Gasteiger partial charge in [0.05, 0.1) is 27.1 Å². The van der Waals surface area contributed by atoms with E-state index in [1.165, 1.54) is 0 Å². The molecule has 0 saturated carbocycles.